The van der Waals surface area contributed by atoms with E-state index in [0.717, 1.165) is 30.2 Å². The number of ether oxygens (including phenoxy) is 1. The zero-order valence-electron chi connectivity index (χ0n) is 10.9. The van der Waals surface area contributed by atoms with Crippen molar-refractivity contribution in [2.75, 3.05) is 13.2 Å². The third-order valence-electron chi connectivity index (χ3n) is 2.49. The molecular weight excluding hydrogens is 234 g/mol. The summed E-state index contributed by atoms with van der Waals surface area (Å²) in [4.78, 5) is 0. The van der Waals surface area contributed by atoms with Gasteiger partial charge in [-0.2, -0.15) is 0 Å². The Hall–Kier alpha value is -0.570. The van der Waals surface area contributed by atoms with Crippen LogP contribution in [0.1, 0.15) is 38.9 Å². The second-order valence-electron chi connectivity index (χ2n) is 4.44. The summed E-state index contributed by atoms with van der Waals surface area (Å²) in [5.41, 5.74) is 1.07. The van der Waals surface area contributed by atoms with Gasteiger partial charge < -0.3 is 10.1 Å². The molecule has 0 radical (unpaired) electrons. The van der Waals surface area contributed by atoms with Gasteiger partial charge in [0.15, 0.2) is 0 Å². The molecule has 96 valence electrons. The fraction of sp³-hybridized carbons (Fsp3) is 0.571. The van der Waals surface area contributed by atoms with Crippen molar-refractivity contribution in [2.24, 2.45) is 0 Å². The van der Waals surface area contributed by atoms with Gasteiger partial charge in [0.25, 0.3) is 0 Å². The maximum Gasteiger partial charge on any atom is 0.0963 e. The zero-order valence-corrected chi connectivity index (χ0v) is 11.6. The van der Waals surface area contributed by atoms with Crippen molar-refractivity contribution in [3.63, 3.8) is 0 Å². The zero-order chi connectivity index (χ0) is 12.7. The average molecular weight is 256 g/mol. The molecule has 1 atom stereocenters. The van der Waals surface area contributed by atoms with Crippen molar-refractivity contribution in [1.29, 1.82) is 0 Å². The standard InChI is InChI=1S/C14H22ClNO/c1-4-9-17-14(10-16-11(2)3)12-7-5-6-8-13(12)15/h5-8,11,14,16H,4,9-10H2,1-3H3. The predicted molar refractivity (Wildman–Crippen MR) is 73.6 cm³/mol. The second kappa shape index (κ2) is 7.70. The Kier molecular flexibility index (Phi) is 6.56. The quantitative estimate of drug-likeness (QED) is 0.800. The van der Waals surface area contributed by atoms with Crippen LogP contribution in [0.25, 0.3) is 0 Å². The normalized spacial score (nSPS) is 13.0. The van der Waals surface area contributed by atoms with Gasteiger partial charge in [0, 0.05) is 29.8 Å². The van der Waals surface area contributed by atoms with Gasteiger partial charge in [-0.25, -0.2) is 0 Å². The van der Waals surface area contributed by atoms with Crippen LogP contribution in [0.3, 0.4) is 0 Å². The van der Waals surface area contributed by atoms with Crippen LogP contribution in [0, 0.1) is 0 Å². The number of rotatable bonds is 7. The molecule has 1 unspecified atom stereocenters. The molecule has 0 aliphatic rings. The highest BCUT2D eigenvalue weighted by atomic mass is 35.5. The van der Waals surface area contributed by atoms with Crippen LogP contribution in [0.15, 0.2) is 24.3 Å². The van der Waals surface area contributed by atoms with Gasteiger partial charge in [-0.1, -0.05) is 50.6 Å². The average Bonchev–Trinajstić information content (AvgIpc) is 2.30. The predicted octanol–water partition coefficient (Wildman–Crippen LogP) is 3.81. The molecule has 2 nitrogen and oxygen atoms in total. The molecule has 1 aromatic rings. The van der Waals surface area contributed by atoms with E-state index < -0.39 is 0 Å². The smallest absolute Gasteiger partial charge is 0.0963 e. The molecule has 17 heavy (non-hydrogen) atoms. The number of hydrogen-bond acceptors (Lipinski definition) is 2. The Morgan fingerprint density at radius 3 is 2.59 bits per heavy atom. The van der Waals surface area contributed by atoms with Crippen LogP contribution < -0.4 is 5.32 Å². The fourth-order valence-electron chi connectivity index (χ4n) is 1.60. The Balaban J connectivity index is 2.71. The molecule has 0 saturated heterocycles. The monoisotopic (exact) mass is 255 g/mol. The lowest BCUT2D eigenvalue weighted by atomic mass is 10.1. The van der Waals surface area contributed by atoms with E-state index in [0.29, 0.717) is 6.04 Å². The molecule has 0 aliphatic carbocycles. The van der Waals surface area contributed by atoms with E-state index in [2.05, 4.69) is 26.1 Å². The van der Waals surface area contributed by atoms with Crippen LogP contribution in [0.2, 0.25) is 5.02 Å². The topological polar surface area (TPSA) is 21.3 Å². The molecule has 0 aliphatic heterocycles. The Bertz CT molecular complexity index is 328. The fourth-order valence-corrected chi connectivity index (χ4v) is 1.86. The summed E-state index contributed by atoms with van der Waals surface area (Å²) in [6.07, 6.45) is 1.05. The van der Waals surface area contributed by atoms with E-state index in [4.69, 9.17) is 16.3 Å². The van der Waals surface area contributed by atoms with Gasteiger partial charge >= 0.3 is 0 Å². The Morgan fingerprint density at radius 1 is 1.29 bits per heavy atom. The van der Waals surface area contributed by atoms with Gasteiger partial charge in [0.1, 0.15) is 0 Å². The molecule has 0 saturated carbocycles. The first-order valence-electron chi connectivity index (χ1n) is 6.24. The third kappa shape index (κ3) is 5.07. The van der Waals surface area contributed by atoms with Crippen LogP contribution in [0.5, 0.6) is 0 Å². The Labute approximate surface area is 109 Å². The van der Waals surface area contributed by atoms with Crippen LogP contribution >= 0.6 is 11.6 Å². The van der Waals surface area contributed by atoms with Gasteiger partial charge in [0.2, 0.25) is 0 Å². The molecule has 0 fully saturated rings. The molecule has 0 heterocycles. The summed E-state index contributed by atoms with van der Waals surface area (Å²) < 4.78 is 5.86. The lowest BCUT2D eigenvalue weighted by molar-refractivity contribution is 0.0518. The molecule has 1 aromatic carbocycles. The molecular formula is C14H22ClNO. The van der Waals surface area contributed by atoms with Gasteiger partial charge in [-0.05, 0) is 12.5 Å². The van der Waals surface area contributed by atoms with E-state index in [1.165, 1.54) is 0 Å². The first-order valence-corrected chi connectivity index (χ1v) is 6.62. The maximum absolute atomic E-state index is 6.21. The van der Waals surface area contributed by atoms with Crippen molar-refractivity contribution in [2.45, 2.75) is 39.3 Å². The minimum absolute atomic E-state index is 0.0334. The van der Waals surface area contributed by atoms with Gasteiger partial charge in [0.05, 0.1) is 6.10 Å². The molecule has 0 amide bonds. The summed E-state index contributed by atoms with van der Waals surface area (Å²) >= 11 is 6.21. The number of nitrogens with one attached hydrogen (secondary N) is 1. The minimum Gasteiger partial charge on any atom is -0.372 e. The largest absolute Gasteiger partial charge is 0.372 e. The first kappa shape index (κ1) is 14.5. The molecule has 0 bridgehead atoms. The van der Waals surface area contributed by atoms with Gasteiger partial charge in [-0.15, -0.1) is 0 Å². The van der Waals surface area contributed by atoms with Crippen LogP contribution in [-0.2, 0) is 4.74 Å². The molecule has 0 aromatic heterocycles. The van der Waals surface area contributed by atoms with Crippen LogP contribution in [0.4, 0.5) is 0 Å². The summed E-state index contributed by atoms with van der Waals surface area (Å²) in [6, 6.07) is 8.33. The van der Waals surface area contributed by atoms with E-state index in [1.807, 2.05) is 24.3 Å². The summed E-state index contributed by atoms with van der Waals surface area (Å²) in [7, 11) is 0. The van der Waals surface area contributed by atoms with E-state index >= 15 is 0 Å². The first-order chi connectivity index (χ1) is 8.15. The number of hydrogen-bond donors (Lipinski definition) is 1. The second-order valence-corrected chi connectivity index (χ2v) is 4.85. The number of benzene rings is 1. The SMILES string of the molecule is CCCOC(CNC(C)C)c1ccccc1Cl. The van der Waals surface area contributed by atoms with E-state index in [-0.39, 0.29) is 6.10 Å². The highest BCUT2D eigenvalue weighted by Gasteiger charge is 2.14. The van der Waals surface area contributed by atoms with E-state index in [1.54, 1.807) is 0 Å². The highest BCUT2D eigenvalue weighted by molar-refractivity contribution is 6.31. The van der Waals surface area contributed by atoms with E-state index in [9.17, 15) is 0 Å². The van der Waals surface area contributed by atoms with Crippen molar-refractivity contribution < 1.29 is 4.74 Å². The van der Waals surface area contributed by atoms with Crippen LogP contribution in [-0.4, -0.2) is 19.2 Å². The van der Waals surface area contributed by atoms with Gasteiger partial charge in [-0.3, -0.25) is 0 Å². The summed E-state index contributed by atoms with van der Waals surface area (Å²) in [5, 5.41) is 4.17. The molecule has 0 spiro atoms. The van der Waals surface area contributed by atoms with Crippen molar-refractivity contribution >= 4 is 11.6 Å². The molecule has 1 N–H and O–H groups in total. The summed E-state index contributed by atoms with van der Waals surface area (Å²) in [5.74, 6) is 0. The van der Waals surface area contributed by atoms with Crippen molar-refractivity contribution in [3.8, 4) is 0 Å². The number of halogens is 1. The summed E-state index contributed by atoms with van der Waals surface area (Å²) in [6.45, 7) is 7.92. The lowest BCUT2D eigenvalue weighted by Gasteiger charge is -2.21. The highest BCUT2D eigenvalue weighted by Crippen LogP contribution is 2.25. The maximum atomic E-state index is 6.21. The third-order valence-corrected chi connectivity index (χ3v) is 2.83. The molecule has 1 rings (SSSR count). The van der Waals surface area contributed by atoms with Crippen molar-refractivity contribution in [1.82, 2.24) is 5.32 Å². The minimum atomic E-state index is 0.0334. The Morgan fingerprint density at radius 2 is 2.00 bits per heavy atom. The van der Waals surface area contributed by atoms with Crippen molar-refractivity contribution in [3.05, 3.63) is 34.9 Å². The molecule has 3 heteroatoms. The lowest BCUT2D eigenvalue weighted by Crippen LogP contribution is -2.29.